The van der Waals surface area contributed by atoms with Crippen molar-refractivity contribution in [2.24, 2.45) is 7.05 Å². The quantitative estimate of drug-likeness (QED) is 0.816. The Bertz CT molecular complexity index is 549. The van der Waals surface area contributed by atoms with Gasteiger partial charge in [0, 0.05) is 36.2 Å². The first-order chi connectivity index (χ1) is 8.47. The van der Waals surface area contributed by atoms with Crippen LogP contribution in [0, 0.1) is 20.8 Å². The minimum atomic E-state index is 0.772. The largest absolute Gasteiger partial charge is 0.399 e. The van der Waals surface area contributed by atoms with Gasteiger partial charge in [0.05, 0.1) is 5.69 Å². The van der Waals surface area contributed by atoms with E-state index in [0.29, 0.717) is 0 Å². The number of nitrogens with two attached hydrogens (primary N) is 1. The van der Waals surface area contributed by atoms with Crippen LogP contribution in [0.25, 0.3) is 0 Å². The normalized spacial score (nSPS) is 10.7. The molecule has 18 heavy (non-hydrogen) atoms. The van der Waals surface area contributed by atoms with Gasteiger partial charge in [-0.2, -0.15) is 5.10 Å². The van der Waals surface area contributed by atoms with Crippen molar-refractivity contribution in [2.45, 2.75) is 27.3 Å². The number of nitrogen functional groups attached to an aromatic ring is 1. The molecule has 0 amide bonds. The monoisotopic (exact) mass is 244 g/mol. The van der Waals surface area contributed by atoms with E-state index in [-0.39, 0.29) is 0 Å². The highest BCUT2D eigenvalue weighted by Gasteiger charge is 2.08. The molecule has 0 aliphatic rings. The van der Waals surface area contributed by atoms with Crippen molar-refractivity contribution in [1.29, 1.82) is 0 Å². The van der Waals surface area contributed by atoms with Gasteiger partial charge in [0.2, 0.25) is 0 Å². The molecule has 4 nitrogen and oxygen atoms in total. The molecule has 0 unspecified atom stereocenters. The molecule has 1 heterocycles. The zero-order chi connectivity index (χ0) is 13.3. The maximum atomic E-state index is 5.84. The number of aryl methyl sites for hydroxylation is 3. The van der Waals surface area contributed by atoms with Crippen LogP contribution in [-0.2, 0) is 13.6 Å². The summed E-state index contributed by atoms with van der Waals surface area (Å²) < 4.78 is 1.91. The van der Waals surface area contributed by atoms with Crippen LogP contribution in [-0.4, -0.2) is 9.78 Å². The molecule has 2 rings (SSSR count). The third-order valence-corrected chi connectivity index (χ3v) is 3.23. The molecule has 0 spiro atoms. The van der Waals surface area contributed by atoms with Gasteiger partial charge in [0.25, 0.3) is 0 Å². The van der Waals surface area contributed by atoms with Crippen LogP contribution in [0.15, 0.2) is 18.2 Å². The highest BCUT2D eigenvalue weighted by molar-refractivity contribution is 5.57. The Morgan fingerprint density at radius 1 is 1.22 bits per heavy atom. The predicted octanol–water partition coefficient (Wildman–Crippen LogP) is 2.54. The maximum Gasteiger partial charge on any atom is 0.0646 e. The van der Waals surface area contributed by atoms with Crippen LogP contribution in [0.4, 0.5) is 11.4 Å². The fourth-order valence-electron chi connectivity index (χ4n) is 2.18. The summed E-state index contributed by atoms with van der Waals surface area (Å²) in [6.07, 6.45) is 0. The SMILES string of the molecule is Cc1cc(N)cc(NCc2c(C)nn(C)c2C)c1. The number of hydrogen-bond acceptors (Lipinski definition) is 3. The van der Waals surface area contributed by atoms with E-state index in [1.807, 2.05) is 37.7 Å². The molecule has 4 heteroatoms. The topological polar surface area (TPSA) is 55.9 Å². The highest BCUT2D eigenvalue weighted by atomic mass is 15.3. The number of aromatic nitrogens is 2. The lowest BCUT2D eigenvalue weighted by Crippen LogP contribution is -2.03. The van der Waals surface area contributed by atoms with Gasteiger partial charge in [-0.1, -0.05) is 0 Å². The number of hydrogen-bond donors (Lipinski definition) is 2. The van der Waals surface area contributed by atoms with Crippen LogP contribution in [0.2, 0.25) is 0 Å². The summed E-state index contributed by atoms with van der Waals surface area (Å²) in [5.74, 6) is 0. The molecule has 0 saturated carbocycles. The van der Waals surface area contributed by atoms with E-state index in [4.69, 9.17) is 5.73 Å². The van der Waals surface area contributed by atoms with Crippen molar-refractivity contribution >= 4 is 11.4 Å². The Hall–Kier alpha value is -1.97. The smallest absolute Gasteiger partial charge is 0.0646 e. The van der Waals surface area contributed by atoms with Crippen molar-refractivity contribution in [3.8, 4) is 0 Å². The lowest BCUT2D eigenvalue weighted by molar-refractivity contribution is 0.730. The maximum absolute atomic E-state index is 5.84. The van der Waals surface area contributed by atoms with Gasteiger partial charge in [-0.25, -0.2) is 0 Å². The second kappa shape index (κ2) is 4.72. The second-order valence-electron chi connectivity index (χ2n) is 4.76. The van der Waals surface area contributed by atoms with Crippen molar-refractivity contribution in [2.75, 3.05) is 11.1 Å². The van der Waals surface area contributed by atoms with E-state index >= 15 is 0 Å². The van der Waals surface area contributed by atoms with Crippen LogP contribution in [0.3, 0.4) is 0 Å². The van der Waals surface area contributed by atoms with Crippen molar-refractivity contribution in [3.63, 3.8) is 0 Å². The number of benzene rings is 1. The van der Waals surface area contributed by atoms with E-state index < -0.39 is 0 Å². The summed E-state index contributed by atoms with van der Waals surface area (Å²) in [5.41, 5.74) is 12.4. The number of nitrogens with zero attached hydrogens (tertiary/aromatic N) is 2. The molecule has 0 aliphatic carbocycles. The molecular weight excluding hydrogens is 224 g/mol. The molecule has 3 N–H and O–H groups in total. The summed E-state index contributed by atoms with van der Waals surface area (Å²) in [7, 11) is 1.97. The van der Waals surface area contributed by atoms with Crippen molar-refractivity contribution in [3.05, 3.63) is 40.7 Å². The zero-order valence-electron chi connectivity index (χ0n) is 11.4. The molecule has 0 saturated heterocycles. The third kappa shape index (κ3) is 2.47. The molecule has 0 aliphatic heterocycles. The fraction of sp³-hybridized carbons (Fsp3) is 0.357. The first-order valence-corrected chi connectivity index (χ1v) is 6.07. The zero-order valence-corrected chi connectivity index (χ0v) is 11.4. The van der Waals surface area contributed by atoms with Gasteiger partial charge in [-0.15, -0.1) is 0 Å². The van der Waals surface area contributed by atoms with Gasteiger partial charge < -0.3 is 11.1 Å². The standard InChI is InChI=1S/C14H20N4/c1-9-5-12(15)7-13(6-9)16-8-14-10(2)17-18(4)11(14)3/h5-7,16H,8,15H2,1-4H3. The molecule has 96 valence electrons. The number of anilines is 2. The molecule has 2 aromatic rings. The van der Waals surface area contributed by atoms with Gasteiger partial charge in [0.1, 0.15) is 0 Å². The molecule has 0 radical (unpaired) electrons. The molecule has 0 bridgehead atoms. The van der Waals surface area contributed by atoms with Gasteiger partial charge in [0.15, 0.2) is 0 Å². The second-order valence-corrected chi connectivity index (χ2v) is 4.76. The first-order valence-electron chi connectivity index (χ1n) is 6.07. The molecule has 1 aromatic carbocycles. The van der Waals surface area contributed by atoms with E-state index in [2.05, 4.69) is 23.4 Å². The Kier molecular flexibility index (Phi) is 3.28. The van der Waals surface area contributed by atoms with Crippen LogP contribution in [0.1, 0.15) is 22.5 Å². The predicted molar refractivity (Wildman–Crippen MR) is 75.6 cm³/mol. The van der Waals surface area contributed by atoms with E-state index in [1.54, 1.807) is 0 Å². The first kappa shape index (κ1) is 12.5. The number of nitrogens with one attached hydrogen (secondary N) is 1. The number of rotatable bonds is 3. The Morgan fingerprint density at radius 3 is 2.50 bits per heavy atom. The molecular formula is C14H20N4. The highest BCUT2D eigenvalue weighted by Crippen LogP contribution is 2.18. The average molecular weight is 244 g/mol. The van der Waals surface area contributed by atoms with Crippen LogP contribution < -0.4 is 11.1 Å². The van der Waals surface area contributed by atoms with Gasteiger partial charge in [-0.05, 0) is 44.5 Å². The van der Waals surface area contributed by atoms with E-state index in [9.17, 15) is 0 Å². The third-order valence-electron chi connectivity index (χ3n) is 3.23. The van der Waals surface area contributed by atoms with Crippen molar-refractivity contribution in [1.82, 2.24) is 9.78 Å². The Labute approximate surface area is 108 Å². The van der Waals surface area contributed by atoms with E-state index in [1.165, 1.54) is 11.3 Å². The van der Waals surface area contributed by atoms with Crippen molar-refractivity contribution < 1.29 is 0 Å². The average Bonchev–Trinajstić information content (AvgIpc) is 2.50. The lowest BCUT2D eigenvalue weighted by Gasteiger charge is -2.09. The summed E-state index contributed by atoms with van der Waals surface area (Å²) in [4.78, 5) is 0. The van der Waals surface area contributed by atoms with Crippen LogP contribution in [0.5, 0.6) is 0 Å². The Balaban J connectivity index is 2.16. The molecule has 1 aromatic heterocycles. The minimum absolute atomic E-state index is 0.772. The summed E-state index contributed by atoms with van der Waals surface area (Å²) in [5, 5.41) is 7.81. The Morgan fingerprint density at radius 2 is 1.94 bits per heavy atom. The van der Waals surface area contributed by atoms with Gasteiger partial charge in [-0.3, -0.25) is 4.68 Å². The summed E-state index contributed by atoms with van der Waals surface area (Å²) in [6, 6.07) is 6.01. The summed E-state index contributed by atoms with van der Waals surface area (Å²) in [6.45, 7) is 6.94. The molecule has 0 fully saturated rings. The summed E-state index contributed by atoms with van der Waals surface area (Å²) >= 11 is 0. The van der Waals surface area contributed by atoms with Gasteiger partial charge >= 0.3 is 0 Å². The lowest BCUT2D eigenvalue weighted by atomic mass is 10.1. The van der Waals surface area contributed by atoms with E-state index in [0.717, 1.165) is 29.2 Å². The molecule has 0 atom stereocenters. The van der Waals surface area contributed by atoms with Crippen LogP contribution >= 0.6 is 0 Å². The fourth-order valence-corrected chi connectivity index (χ4v) is 2.18. The minimum Gasteiger partial charge on any atom is -0.399 e.